The van der Waals surface area contributed by atoms with E-state index >= 15 is 0 Å². The molecule has 0 aliphatic carbocycles. The molecule has 0 bridgehead atoms. The van der Waals surface area contributed by atoms with Crippen molar-refractivity contribution in [1.29, 1.82) is 0 Å². The van der Waals surface area contributed by atoms with Gasteiger partial charge in [0.05, 0.1) is 19.8 Å². The van der Waals surface area contributed by atoms with Crippen LogP contribution in [0.1, 0.15) is 13.8 Å². The fraction of sp³-hybridized carbons (Fsp3) is 0.429. The van der Waals surface area contributed by atoms with Gasteiger partial charge in [-0.1, -0.05) is 12.2 Å². The van der Waals surface area contributed by atoms with Gasteiger partial charge in [-0.25, -0.2) is 0 Å². The lowest BCUT2D eigenvalue weighted by Gasteiger charge is -2.26. The van der Waals surface area contributed by atoms with E-state index in [-0.39, 0.29) is 11.8 Å². The molecule has 7 heteroatoms. The quantitative estimate of drug-likeness (QED) is 0.524. The minimum atomic E-state index is -0.614. The maximum absolute atomic E-state index is 12.7. The van der Waals surface area contributed by atoms with Gasteiger partial charge in [0.1, 0.15) is 12.2 Å². The van der Waals surface area contributed by atoms with Crippen LogP contribution in [-0.2, 0) is 23.8 Å². The Bertz CT molecular complexity index is 645. The number of hydrogen-bond donors (Lipinski definition) is 1. The largest absolute Gasteiger partial charge is 0.383 e. The van der Waals surface area contributed by atoms with Gasteiger partial charge in [-0.15, -0.1) is 13.2 Å². The normalized spacial score (nSPS) is 12.7. The van der Waals surface area contributed by atoms with Crippen molar-refractivity contribution in [1.82, 2.24) is 0 Å². The number of carbonyl (C=O) groups excluding carboxylic acids is 2. The van der Waals surface area contributed by atoms with E-state index in [0.29, 0.717) is 37.7 Å². The highest BCUT2D eigenvalue weighted by Gasteiger charge is 2.22. The standard InChI is InChI=1S/C21H30N2O5/c1-6-13-27-16(3)20(24)22-18-8-10-19(11-9-18)23(12-15-26-5)21(25)17(4)28-14-7-2/h6-11,16-17H,1-2,12-15H2,3-5H3,(H,22,24)/t16-,17-/m0/s1. The van der Waals surface area contributed by atoms with E-state index in [1.54, 1.807) is 62.3 Å². The Kier molecular flexibility index (Phi) is 10.8. The van der Waals surface area contributed by atoms with E-state index in [1.807, 2.05) is 0 Å². The van der Waals surface area contributed by atoms with E-state index in [2.05, 4.69) is 18.5 Å². The van der Waals surface area contributed by atoms with Crippen molar-refractivity contribution in [3.63, 3.8) is 0 Å². The molecular weight excluding hydrogens is 360 g/mol. The van der Waals surface area contributed by atoms with Gasteiger partial charge in [0.2, 0.25) is 0 Å². The first-order chi connectivity index (χ1) is 13.4. The zero-order valence-electron chi connectivity index (χ0n) is 16.8. The number of ether oxygens (including phenoxy) is 3. The average molecular weight is 390 g/mol. The highest BCUT2D eigenvalue weighted by molar-refractivity contribution is 5.97. The lowest BCUT2D eigenvalue weighted by molar-refractivity contribution is -0.128. The van der Waals surface area contributed by atoms with Crippen molar-refractivity contribution in [3.05, 3.63) is 49.6 Å². The molecule has 0 heterocycles. The number of nitrogens with zero attached hydrogens (tertiary/aromatic N) is 1. The summed E-state index contributed by atoms with van der Waals surface area (Å²) in [5.41, 5.74) is 1.29. The van der Waals surface area contributed by atoms with Crippen molar-refractivity contribution >= 4 is 23.2 Å². The predicted octanol–water partition coefficient (Wildman–Crippen LogP) is 2.79. The maximum Gasteiger partial charge on any atom is 0.255 e. The topological polar surface area (TPSA) is 77.1 Å². The number of carbonyl (C=O) groups is 2. The summed E-state index contributed by atoms with van der Waals surface area (Å²) in [6.45, 7) is 11.9. The summed E-state index contributed by atoms with van der Waals surface area (Å²) in [6, 6.07) is 6.99. The molecule has 1 aromatic rings. The van der Waals surface area contributed by atoms with Crippen molar-refractivity contribution < 1.29 is 23.8 Å². The van der Waals surface area contributed by atoms with Gasteiger partial charge in [0.25, 0.3) is 11.8 Å². The summed E-state index contributed by atoms with van der Waals surface area (Å²) >= 11 is 0. The minimum Gasteiger partial charge on any atom is -0.383 e. The molecule has 1 aromatic carbocycles. The van der Waals surface area contributed by atoms with Crippen LogP contribution < -0.4 is 10.2 Å². The second-order valence-electron chi connectivity index (χ2n) is 6.05. The molecule has 0 saturated carbocycles. The van der Waals surface area contributed by atoms with Crippen molar-refractivity contribution in [2.45, 2.75) is 26.1 Å². The Morgan fingerprint density at radius 2 is 1.64 bits per heavy atom. The zero-order chi connectivity index (χ0) is 20.9. The molecule has 0 saturated heterocycles. The average Bonchev–Trinajstić information content (AvgIpc) is 2.71. The first-order valence-corrected chi connectivity index (χ1v) is 9.10. The Hall–Kier alpha value is -2.48. The van der Waals surface area contributed by atoms with E-state index in [9.17, 15) is 9.59 Å². The highest BCUT2D eigenvalue weighted by atomic mass is 16.5. The molecule has 0 aromatic heterocycles. The summed E-state index contributed by atoms with van der Waals surface area (Å²) in [5, 5.41) is 2.78. The van der Waals surface area contributed by atoms with Gasteiger partial charge in [-0.2, -0.15) is 0 Å². The van der Waals surface area contributed by atoms with Gasteiger partial charge < -0.3 is 24.4 Å². The summed E-state index contributed by atoms with van der Waals surface area (Å²) in [4.78, 5) is 26.4. The van der Waals surface area contributed by atoms with Crippen LogP contribution in [0.2, 0.25) is 0 Å². The Balaban J connectivity index is 2.84. The SMILES string of the molecule is C=CCO[C@@H](C)C(=O)Nc1ccc(N(CCOC)C(=O)[C@H](C)OCC=C)cc1. The van der Waals surface area contributed by atoms with Crippen LogP contribution in [0, 0.1) is 0 Å². The van der Waals surface area contributed by atoms with Gasteiger partial charge >= 0.3 is 0 Å². The van der Waals surface area contributed by atoms with Crippen LogP contribution in [0.15, 0.2) is 49.6 Å². The second kappa shape index (κ2) is 12.8. The smallest absolute Gasteiger partial charge is 0.255 e. The molecule has 1 N–H and O–H groups in total. The molecule has 0 aliphatic rings. The Morgan fingerprint density at radius 1 is 1.07 bits per heavy atom. The van der Waals surface area contributed by atoms with Gasteiger partial charge in [0, 0.05) is 25.0 Å². The third-order valence-corrected chi connectivity index (χ3v) is 3.88. The summed E-state index contributed by atoms with van der Waals surface area (Å²) in [6.07, 6.45) is 1.97. The van der Waals surface area contributed by atoms with Crippen LogP contribution in [0.25, 0.3) is 0 Å². The molecule has 7 nitrogen and oxygen atoms in total. The molecule has 0 radical (unpaired) electrons. The van der Waals surface area contributed by atoms with Crippen molar-refractivity contribution in [2.24, 2.45) is 0 Å². The lowest BCUT2D eigenvalue weighted by atomic mass is 10.2. The third kappa shape index (κ3) is 7.64. The fourth-order valence-corrected chi connectivity index (χ4v) is 2.31. The predicted molar refractivity (Wildman–Crippen MR) is 111 cm³/mol. The van der Waals surface area contributed by atoms with Crippen molar-refractivity contribution in [3.8, 4) is 0 Å². The molecule has 154 valence electrons. The first-order valence-electron chi connectivity index (χ1n) is 9.10. The Morgan fingerprint density at radius 3 is 2.18 bits per heavy atom. The van der Waals surface area contributed by atoms with E-state index < -0.39 is 12.2 Å². The highest BCUT2D eigenvalue weighted by Crippen LogP contribution is 2.20. The van der Waals surface area contributed by atoms with Gasteiger partial charge in [-0.3, -0.25) is 9.59 Å². The summed E-state index contributed by atoms with van der Waals surface area (Å²) in [5.74, 6) is -0.435. The molecule has 2 amide bonds. The van der Waals surface area contributed by atoms with Crippen molar-refractivity contribution in [2.75, 3.05) is 43.7 Å². The number of methoxy groups -OCH3 is 1. The van der Waals surface area contributed by atoms with Crippen LogP contribution in [0.5, 0.6) is 0 Å². The molecular formula is C21H30N2O5. The number of rotatable bonds is 13. The molecule has 2 atom stereocenters. The number of anilines is 2. The lowest BCUT2D eigenvalue weighted by Crippen LogP contribution is -2.41. The van der Waals surface area contributed by atoms with Crippen LogP contribution in [0.4, 0.5) is 11.4 Å². The number of amides is 2. The van der Waals surface area contributed by atoms with Crippen LogP contribution in [-0.4, -0.2) is 57.5 Å². The molecule has 0 spiro atoms. The van der Waals surface area contributed by atoms with E-state index in [4.69, 9.17) is 14.2 Å². The molecule has 0 aliphatic heterocycles. The zero-order valence-corrected chi connectivity index (χ0v) is 16.8. The van der Waals surface area contributed by atoms with Gasteiger partial charge in [0.15, 0.2) is 0 Å². The monoisotopic (exact) mass is 390 g/mol. The maximum atomic E-state index is 12.7. The Labute approximate surface area is 166 Å². The second-order valence-corrected chi connectivity index (χ2v) is 6.05. The van der Waals surface area contributed by atoms with E-state index in [1.165, 1.54) is 0 Å². The number of nitrogens with one attached hydrogen (secondary N) is 1. The molecule has 0 unspecified atom stereocenters. The molecule has 28 heavy (non-hydrogen) atoms. The fourth-order valence-electron chi connectivity index (χ4n) is 2.31. The first kappa shape index (κ1) is 23.6. The van der Waals surface area contributed by atoms with E-state index in [0.717, 1.165) is 0 Å². The van der Waals surface area contributed by atoms with Crippen LogP contribution >= 0.6 is 0 Å². The number of hydrogen-bond acceptors (Lipinski definition) is 5. The third-order valence-electron chi connectivity index (χ3n) is 3.88. The number of benzene rings is 1. The summed E-state index contributed by atoms with van der Waals surface area (Å²) in [7, 11) is 1.58. The van der Waals surface area contributed by atoms with Gasteiger partial charge in [-0.05, 0) is 38.1 Å². The molecule has 1 rings (SSSR count). The molecule has 0 fully saturated rings. The summed E-state index contributed by atoms with van der Waals surface area (Å²) < 4.78 is 15.9. The minimum absolute atomic E-state index is 0.179. The van der Waals surface area contributed by atoms with Crippen LogP contribution in [0.3, 0.4) is 0 Å².